The molecule has 1 fully saturated rings. The maximum Gasteiger partial charge on any atom is 0.325 e. The normalized spacial score (nSPS) is 20.7. The lowest BCUT2D eigenvalue weighted by Crippen LogP contribution is -2.44. The van der Waals surface area contributed by atoms with Crippen LogP contribution < -0.4 is 10.6 Å². The van der Waals surface area contributed by atoms with Gasteiger partial charge in [0.2, 0.25) is 5.91 Å². The highest BCUT2D eigenvalue weighted by atomic mass is 16.6. The molecule has 26 heavy (non-hydrogen) atoms. The van der Waals surface area contributed by atoms with Crippen LogP contribution in [0.4, 0.5) is 10.5 Å². The fourth-order valence-corrected chi connectivity index (χ4v) is 2.92. The number of nitro benzene ring substituents is 1. The third-order valence-corrected chi connectivity index (χ3v) is 4.36. The average Bonchev–Trinajstić information content (AvgIpc) is 2.79. The summed E-state index contributed by atoms with van der Waals surface area (Å²) in [5.41, 5.74) is -1.08. The number of imide groups is 1. The van der Waals surface area contributed by atoms with Crippen LogP contribution in [-0.2, 0) is 15.1 Å². The fourth-order valence-electron chi connectivity index (χ4n) is 2.92. The standard InChI is InChI=1S/C17H22N4O5/c1-4-5-11(2)18-14(22)10-20-15(23)17(3,19-16(20)24)12-6-8-13(9-7-12)21(25)26/h6-9,11H,4-5,10H2,1-3H3,(H,18,22)(H,19,24)/t11-,17-/m0/s1. The van der Waals surface area contributed by atoms with Crippen molar-refractivity contribution in [2.45, 2.75) is 45.2 Å². The van der Waals surface area contributed by atoms with Crippen LogP contribution in [0.3, 0.4) is 0 Å². The Kier molecular flexibility index (Phi) is 5.59. The van der Waals surface area contributed by atoms with Crippen molar-refractivity contribution in [2.75, 3.05) is 6.54 Å². The van der Waals surface area contributed by atoms with E-state index in [1.807, 2.05) is 13.8 Å². The van der Waals surface area contributed by atoms with Crippen LogP contribution in [0, 0.1) is 10.1 Å². The molecule has 9 nitrogen and oxygen atoms in total. The molecule has 2 N–H and O–H groups in total. The molecule has 1 aromatic rings. The minimum Gasteiger partial charge on any atom is -0.352 e. The molecule has 9 heteroatoms. The average molecular weight is 362 g/mol. The first-order valence-corrected chi connectivity index (χ1v) is 8.37. The summed E-state index contributed by atoms with van der Waals surface area (Å²) >= 11 is 0. The highest BCUT2D eigenvalue weighted by Crippen LogP contribution is 2.29. The van der Waals surface area contributed by atoms with Gasteiger partial charge in [-0.1, -0.05) is 13.3 Å². The molecule has 140 valence electrons. The number of nitro groups is 1. The lowest BCUT2D eigenvalue weighted by Gasteiger charge is -2.22. The topological polar surface area (TPSA) is 122 Å². The van der Waals surface area contributed by atoms with Gasteiger partial charge in [-0.2, -0.15) is 0 Å². The number of carbonyl (C=O) groups excluding carboxylic acids is 3. The van der Waals surface area contributed by atoms with Gasteiger partial charge in [0.15, 0.2) is 0 Å². The van der Waals surface area contributed by atoms with E-state index in [2.05, 4.69) is 10.6 Å². The maximum absolute atomic E-state index is 12.7. The predicted molar refractivity (Wildman–Crippen MR) is 93.2 cm³/mol. The minimum absolute atomic E-state index is 0.0469. The number of urea groups is 1. The van der Waals surface area contributed by atoms with Crippen LogP contribution in [0.2, 0.25) is 0 Å². The van der Waals surface area contributed by atoms with Crippen molar-refractivity contribution in [1.82, 2.24) is 15.5 Å². The third-order valence-electron chi connectivity index (χ3n) is 4.36. The van der Waals surface area contributed by atoms with E-state index >= 15 is 0 Å². The van der Waals surface area contributed by atoms with Gasteiger partial charge in [0.1, 0.15) is 12.1 Å². The van der Waals surface area contributed by atoms with Crippen molar-refractivity contribution in [1.29, 1.82) is 0 Å². The number of nitrogens with one attached hydrogen (secondary N) is 2. The van der Waals surface area contributed by atoms with Gasteiger partial charge in [-0.15, -0.1) is 0 Å². The molecule has 0 bridgehead atoms. The molecule has 1 saturated heterocycles. The van der Waals surface area contributed by atoms with E-state index in [9.17, 15) is 24.5 Å². The molecule has 0 unspecified atom stereocenters. The van der Waals surface area contributed by atoms with Crippen LogP contribution in [-0.4, -0.2) is 40.3 Å². The van der Waals surface area contributed by atoms with E-state index in [0.717, 1.165) is 17.7 Å². The molecule has 0 aliphatic carbocycles. The monoisotopic (exact) mass is 362 g/mol. The van der Waals surface area contributed by atoms with Crippen LogP contribution in [0.1, 0.15) is 39.2 Å². The lowest BCUT2D eigenvalue weighted by atomic mass is 9.92. The summed E-state index contributed by atoms with van der Waals surface area (Å²) in [6, 6.07) is 4.65. The number of nitrogens with zero attached hydrogens (tertiary/aromatic N) is 2. The molecule has 4 amide bonds. The number of carbonyl (C=O) groups is 3. The zero-order chi connectivity index (χ0) is 19.5. The Morgan fingerprint density at radius 1 is 1.35 bits per heavy atom. The van der Waals surface area contributed by atoms with Gasteiger partial charge < -0.3 is 10.6 Å². The first-order chi connectivity index (χ1) is 12.2. The highest BCUT2D eigenvalue weighted by molar-refractivity contribution is 6.09. The number of benzene rings is 1. The van der Waals surface area contributed by atoms with E-state index in [4.69, 9.17) is 0 Å². The SMILES string of the molecule is CCC[C@H](C)NC(=O)CN1C(=O)N[C@@](C)(c2ccc([N+](=O)[O-])cc2)C1=O. The molecule has 1 aromatic carbocycles. The summed E-state index contributed by atoms with van der Waals surface area (Å²) in [4.78, 5) is 48.1. The Labute approximate surface area is 150 Å². The third kappa shape index (κ3) is 3.81. The summed E-state index contributed by atoms with van der Waals surface area (Å²) < 4.78 is 0. The lowest BCUT2D eigenvalue weighted by molar-refractivity contribution is -0.384. The molecule has 1 heterocycles. The first-order valence-electron chi connectivity index (χ1n) is 8.37. The fraction of sp³-hybridized carbons (Fsp3) is 0.471. The summed E-state index contributed by atoms with van der Waals surface area (Å²) in [6.07, 6.45) is 1.70. The Balaban J connectivity index is 2.14. The van der Waals surface area contributed by atoms with Crippen molar-refractivity contribution in [3.05, 3.63) is 39.9 Å². The van der Waals surface area contributed by atoms with Crippen molar-refractivity contribution < 1.29 is 19.3 Å². The Morgan fingerprint density at radius 2 is 1.96 bits per heavy atom. The molecule has 2 rings (SSSR count). The first kappa shape index (κ1) is 19.4. The number of rotatable bonds is 7. The zero-order valence-corrected chi connectivity index (χ0v) is 14.9. The van der Waals surface area contributed by atoms with Crippen molar-refractivity contribution in [3.63, 3.8) is 0 Å². The molecule has 1 aliphatic rings. The minimum atomic E-state index is -1.37. The maximum atomic E-state index is 12.7. The second kappa shape index (κ2) is 7.51. The summed E-state index contributed by atoms with van der Waals surface area (Å²) in [5.74, 6) is -0.989. The van der Waals surface area contributed by atoms with Gasteiger partial charge in [-0.05, 0) is 38.0 Å². The van der Waals surface area contributed by atoms with Crippen molar-refractivity contribution in [2.24, 2.45) is 0 Å². The number of non-ortho nitro benzene ring substituents is 1. The van der Waals surface area contributed by atoms with Crippen LogP contribution in [0.25, 0.3) is 0 Å². The highest BCUT2D eigenvalue weighted by Gasteiger charge is 2.49. The van der Waals surface area contributed by atoms with Gasteiger partial charge >= 0.3 is 6.03 Å². The number of hydrogen-bond donors (Lipinski definition) is 2. The van der Waals surface area contributed by atoms with E-state index in [-0.39, 0.29) is 18.3 Å². The van der Waals surface area contributed by atoms with Crippen molar-refractivity contribution >= 4 is 23.5 Å². The summed E-state index contributed by atoms with van der Waals surface area (Å²) in [7, 11) is 0. The summed E-state index contributed by atoms with van der Waals surface area (Å²) in [5, 5.41) is 16.1. The molecule has 2 atom stereocenters. The molecule has 0 saturated carbocycles. The van der Waals surface area contributed by atoms with E-state index in [1.165, 1.54) is 31.2 Å². The molecular formula is C17H22N4O5. The van der Waals surface area contributed by atoms with Gasteiger partial charge in [0.05, 0.1) is 4.92 Å². The van der Waals surface area contributed by atoms with Gasteiger partial charge in [0, 0.05) is 18.2 Å². The summed E-state index contributed by atoms with van der Waals surface area (Å²) in [6.45, 7) is 4.98. The van der Waals surface area contributed by atoms with E-state index in [0.29, 0.717) is 5.56 Å². The quantitative estimate of drug-likeness (QED) is 0.434. The Morgan fingerprint density at radius 3 is 2.50 bits per heavy atom. The largest absolute Gasteiger partial charge is 0.352 e. The van der Waals surface area contributed by atoms with Gasteiger partial charge in [0.25, 0.3) is 11.6 Å². The second-order valence-corrected chi connectivity index (χ2v) is 6.51. The number of hydrogen-bond acceptors (Lipinski definition) is 5. The second-order valence-electron chi connectivity index (χ2n) is 6.51. The molecular weight excluding hydrogens is 340 g/mol. The van der Waals surface area contributed by atoms with E-state index < -0.39 is 28.3 Å². The Bertz CT molecular complexity index is 733. The van der Waals surface area contributed by atoms with Crippen LogP contribution in [0.5, 0.6) is 0 Å². The molecule has 0 radical (unpaired) electrons. The van der Waals surface area contributed by atoms with Gasteiger partial charge in [-0.25, -0.2) is 4.79 Å². The molecule has 0 aromatic heterocycles. The smallest absolute Gasteiger partial charge is 0.325 e. The zero-order valence-electron chi connectivity index (χ0n) is 14.9. The van der Waals surface area contributed by atoms with Crippen LogP contribution >= 0.6 is 0 Å². The predicted octanol–water partition coefficient (Wildman–Crippen LogP) is 1.67. The number of amides is 4. The van der Waals surface area contributed by atoms with Crippen molar-refractivity contribution in [3.8, 4) is 0 Å². The molecule has 0 spiro atoms. The Hall–Kier alpha value is -2.97. The van der Waals surface area contributed by atoms with Gasteiger partial charge in [-0.3, -0.25) is 24.6 Å². The van der Waals surface area contributed by atoms with E-state index in [1.54, 1.807) is 0 Å². The van der Waals surface area contributed by atoms with Crippen LogP contribution in [0.15, 0.2) is 24.3 Å². The molecule has 1 aliphatic heterocycles.